The third kappa shape index (κ3) is 3.09. The van der Waals surface area contributed by atoms with Crippen molar-refractivity contribution in [3.8, 4) is 0 Å². The van der Waals surface area contributed by atoms with Gasteiger partial charge in [0.1, 0.15) is 0 Å². The van der Waals surface area contributed by atoms with Crippen LogP contribution in [0.3, 0.4) is 0 Å². The van der Waals surface area contributed by atoms with E-state index in [2.05, 4.69) is 59.8 Å². The zero-order chi connectivity index (χ0) is 17.2. The van der Waals surface area contributed by atoms with E-state index in [9.17, 15) is 5.11 Å². The molecule has 2 aliphatic rings. The summed E-state index contributed by atoms with van der Waals surface area (Å²) in [5, 5.41) is 16.6. The average Bonchev–Trinajstić information content (AvgIpc) is 2.90. The first-order chi connectivity index (χ1) is 12.3. The van der Waals surface area contributed by atoms with Gasteiger partial charge in [0.25, 0.3) is 0 Å². The highest BCUT2D eigenvalue weighted by molar-refractivity contribution is 7.98. The van der Waals surface area contributed by atoms with E-state index in [4.69, 9.17) is 5.10 Å². The zero-order valence-corrected chi connectivity index (χ0v) is 15.4. The lowest BCUT2D eigenvalue weighted by atomic mass is 9.85. The van der Waals surface area contributed by atoms with Gasteiger partial charge in [0.2, 0.25) is 0 Å². The summed E-state index contributed by atoms with van der Waals surface area (Å²) in [6.07, 6.45) is 5.56. The number of β-amino-alcohol motifs (C(OH)–C–C–N with tert-alkyl or cyclic N) is 1. The van der Waals surface area contributed by atoms with Gasteiger partial charge in [0, 0.05) is 16.4 Å². The molecule has 25 heavy (non-hydrogen) atoms. The molecule has 0 unspecified atom stereocenters. The first kappa shape index (κ1) is 16.7. The first-order valence-electron chi connectivity index (χ1n) is 9.00. The molecule has 0 amide bonds. The Bertz CT molecular complexity index is 772. The Balaban J connectivity index is 1.75. The van der Waals surface area contributed by atoms with Crippen LogP contribution in [0.15, 0.2) is 58.5 Å². The SMILES string of the molecule is CSc1ccc([C@@H]2[C@H]3CCCc4ccccc4C3=NN2CCO)cc1. The van der Waals surface area contributed by atoms with E-state index in [0.717, 1.165) is 12.8 Å². The fraction of sp³-hybridized carbons (Fsp3) is 0.381. The molecule has 0 aromatic heterocycles. The van der Waals surface area contributed by atoms with Crippen LogP contribution in [0, 0.1) is 5.92 Å². The predicted molar refractivity (Wildman–Crippen MR) is 104 cm³/mol. The lowest BCUT2D eigenvalue weighted by Crippen LogP contribution is -2.27. The van der Waals surface area contributed by atoms with Crippen LogP contribution < -0.4 is 0 Å². The number of hydrazone groups is 1. The molecule has 0 saturated carbocycles. The molecule has 0 spiro atoms. The molecule has 1 N–H and O–H groups in total. The number of hydrogen-bond donors (Lipinski definition) is 1. The smallest absolute Gasteiger partial charge is 0.0805 e. The highest BCUT2D eigenvalue weighted by Gasteiger charge is 2.39. The highest BCUT2D eigenvalue weighted by Crippen LogP contribution is 2.42. The van der Waals surface area contributed by atoms with Gasteiger partial charge in [-0.3, -0.25) is 5.01 Å². The van der Waals surface area contributed by atoms with Gasteiger partial charge in [0.05, 0.1) is 24.9 Å². The number of benzene rings is 2. The minimum Gasteiger partial charge on any atom is -0.394 e. The monoisotopic (exact) mass is 352 g/mol. The molecule has 0 bridgehead atoms. The molecule has 1 aliphatic heterocycles. The van der Waals surface area contributed by atoms with E-state index < -0.39 is 0 Å². The Morgan fingerprint density at radius 2 is 1.96 bits per heavy atom. The van der Waals surface area contributed by atoms with Gasteiger partial charge in [-0.15, -0.1) is 11.8 Å². The molecule has 0 radical (unpaired) electrons. The van der Waals surface area contributed by atoms with Gasteiger partial charge in [0.15, 0.2) is 0 Å². The van der Waals surface area contributed by atoms with Gasteiger partial charge in [-0.1, -0.05) is 36.4 Å². The van der Waals surface area contributed by atoms with Crippen LogP contribution in [0.2, 0.25) is 0 Å². The van der Waals surface area contributed by atoms with E-state index in [1.165, 1.54) is 33.7 Å². The van der Waals surface area contributed by atoms with E-state index >= 15 is 0 Å². The maximum atomic E-state index is 9.54. The number of nitrogens with zero attached hydrogens (tertiary/aromatic N) is 2. The standard InChI is InChI=1S/C21H24N2OS/c1-25-17-11-9-16(10-12-17)21-19-8-4-6-15-5-2-3-7-18(15)20(19)22-23(21)13-14-24/h2-3,5,7,9-12,19,21,24H,4,6,8,13-14H2,1H3/t19-,21+/m0/s1. The maximum Gasteiger partial charge on any atom is 0.0805 e. The average molecular weight is 353 g/mol. The molecule has 130 valence electrons. The van der Waals surface area contributed by atoms with Gasteiger partial charge < -0.3 is 5.11 Å². The lowest BCUT2D eigenvalue weighted by molar-refractivity contribution is 0.152. The minimum absolute atomic E-state index is 0.130. The Kier molecular flexibility index (Phi) is 4.82. The van der Waals surface area contributed by atoms with Crippen LogP contribution in [0.25, 0.3) is 0 Å². The highest BCUT2D eigenvalue weighted by atomic mass is 32.2. The van der Waals surface area contributed by atoms with Crippen molar-refractivity contribution in [3.63, 3.8) is 0 Å². The number of aliphatic hydroxyl groups excluding tert-OH is 1. The fourth-order valence-electron chi connectivity index (χ4n) is 4.18. The summed E-state index contributed by atoms with van der Waals surface area (Å²) in [4.78, 5) is 1.28. The van der Waals surface area contributed by atoms with Gasteiger partial charge in [-0.05, 0) is 48.8 Å². The van der Waals surface area contributed by atoms with Crippen molar-refractivity contribution in [2.24, 2.45) is 11.0 Å². The van der Waals surface area contributed by atoms with Crippen LogP contribution in [0.1, 0.15) is 35.6 Å². The van der Waals surface area contributed by atoms with Crippen LogP contribution >= 0.6 is 11.8 Å². The number of aryl methyl sites for hydroxylation is 1. The molecule has 0 saturated heterocycles. The van der Waals surface area contributed by atoms with Crippen molar-refractivity contribution in [1.82, 2.24) is 5.01 Å². The molecule has 1 heterocycles. The number of aliphatic hydroxyl groups is 1. The van der Waals surface area contributed by atoms with Crippen molar-refractivity contribution in [2.75, 3.05) is 19.4 Å². The van der Waals surface area contributed by atoms with Crippen molar-refractivity contribution in [2.45, 2.75) is 30.2 Å². The van der Waals surface area contributed by atoms with Crippen LogP contribution in [-0.2, 0) is 6.42 Å². The normalized spacial score (nSPS) is 22.2. The van der Waals surface area contributed by atoms with E-state index in [0.29, 0.717) is 12.5 Å². The molecule has 4 heteroatoms. The van der Waals surface area contributed by atoms with Crippen LogP contribution in [0.5, 0.6) is 0 Å². The fourth-order valence-corrected chi connectivity index (χ4v) is 4.59. The second kappa shape index (κ2) is 7.22. The van der Waals surface area contributed by atoms with Crippen LogP contribution in [-0.4, -0.2) is 35.2 Å². The molecule has 4 rings (SSSR count). The first-order valence-corrected chi connectivity index (χ1v) is 10.2. The zero-order valence-electron chi connectivity index (χ0n) is 14.6. The van der Waals surface area contributed by atoms with Crippen LogP contribution in [0.4, 0.5) is 0 Å². The predicted octanol–water partition coefficient (Wildman–Crippen LogP) is 4.11. The summed E-state index contributed by atoms with van der Waals surface area (Å²) in [6, 6.07) is 17.8. The molecule has 1 aliphatic carbocycles. The summed E-state index contributed by atoms with van der Waals surface area (Å²) in [7, 11) is 0. The van der Waals surface area contributed by atoms with E-state index in [1.54, 1.807) is 11.8 Å². The number of hydrogen-bond acceptors (Lipinski definition) is 4. The summed E-state index contributed by atoms with van der Waals surface area (Å²) in [5.41, 5.74) is 5.22. The molecule has 2 aromatic carbocycles. The number of thioether (sulfide) groups is 1. The third-order valence-electron chi connectivity index (χ3n) is 5.33. The third-order valence-corrected chi connectivity index (χ3v) is 6.07. The topological polar surface area (TPSA) is 35.8 Å². The Labute approximate surface area is 153 Å². The maximum absolute atomic E-state index is 9.54. The summed E-state index contributed by atoms with van der Waals surface area (Å²) >= 11 is 1.77. The summed E-state index contributed by atoms with van der Waals surface area (Å²) < 4.78 is 0. The lowest BCUT2D eigenvalue weighted by Gasteiger charge is -2.28. The molecule has 3 nitrogen and oxygen atoms in total. The molecule has 2 atom stereocenters. The molecule has 2 aromatic rings. The van der Waals surface area contributed by atoms with Crippen molar-refractivity contribution < 1.29 is 5.11 Å². The van der Waals surface area contributed by atoms with E-state index in [1.807, 2.05) is 0 Å². The summed E-state index contributed by atoms with van der Waals surface area (Å²) in [6.45, 7) is 0.710. The van der Waals surface area contributed by atoms with Crippen molar-refractivity contribution in [1.29, 1.82) is 0 Å². The van der Waals surface area contributed by atoms with Crippen molar-refractivity contribution in [3.05, 3.63) is 65.2 Å². The second-order valence-electron chi connectivity index (χ2n) is 6.75. The Hall–Kier alpha value is -1.78. The Morgan fingerprint density at radius 1 is 1.16 bits per heavy atom. The molecular formula is C21H24N2OS. The number of fused-ring (bicyclic) bond motifs is 3. The minimum atomic E-state index is 0.130. The largest absolute Gasteiger partial charge is 0.394 e. The molecular weight excluding hydrogens is 328 g/mol. The van der Waals surface area contributed by atoms with Gasteiger partial charge in [-0.2, -0.15) is 5.10 Å². The van der Waals surface area contributed by atoms with Gasteiger partial charge in [-0.25, -0.2) is 0 Å². The quantitative estimate of drug-likeness (QED) is 0.841. The van der Waals surface area contributed by atoms with E-state index in [-0.39, 0.29) is 12.6 Å². The Morgan fingerprint density at radius 3 is 2.72 bits per heavy atom. The van der Waals surface area contributed by atoms with Gasteiger partial charge >= 0.3 is 0 Å². The second-order valence-corrected chi connectivity index (χ2v) is 7.63. The number of rotatable bonds is 4. The summed E-state index contributed by atoms with van der Waals surface area (Å²) in [5.74, 6) is 0.398. The molecule has 0 fully saturated rings. The van der Waals surface area contributed by atoms with Crippen molar-refractivity contribution >= 4 is 17.5 Å².